The first-order valence-electron chi connectivity index (χ1n) is 28.2. The van der Waals surface area contributed by atoms with Crippen LogP contribution in [0.4, 0.5) is 0 Å². The van der Waals surface area contributed by atoms with Crippen LogP contribution in [0.15, 0.2) is 206 Å². The Balaban J connectivity index is 0.000000171. The van der Waals surface area contributed by atoms with Gasteiger partial charge in [-0.25, -0.2) is 9.59 Å². The van der Waals surface area contributed by atoms with Crippen LogP contribution >= 0.6 is 22.7 Å². The number of unbranched alkanes of at least 4 members (excludes halogenated alkanes) is 7. The first-order valence-corrected chi connectivity index (χ1v) is 29.8. The lowest BCUT2D eigenvalue weighted by Crippen LogP contribution is -2.12. The second kappa shape index (κ2) is 24.4. The SMILES string of the molecule is C=C(C)C(=O)Oc1ccc(CCc2cc3ccccc3c3c2sc2ccc4ccccc4c23)cc1.C=C(CCCCCCCCCC)C(=O)Oc1ccccc1CCc1cc2ccccc2c2c1sc1ccc3ccccc3c12. The predicted octanol–water partition coefficient (Wildman–Crippen LogP) is 20.8. The van der Waals surface area contributed by atoms with Crippen molar-refractivity contribution in [1.82, 2.24) is 0 Å². The van der Waals surface area contributed by atoms with Crippen LogP contribution in [0.1, 0.15) is 93.9 Å². The minimum Gasteiger partial charge on any atom is -0.423 e. The fourth-order valence-electron chi connectivity index (χ4n) is 11.3. The fourth-order valence-corrected chi connectivity index (χ4v) is 13.9. The molecule has 0 radical (unpaired) electrons. The molecule has 0 saturated carbocycles. The summed E-state index contributed by atoms with van der Waals surface area (Å²) >= 11 is 3.79. The number of hydrogen-bond donors (Lipinski definition) is 0. The van der Waals surface area contributed by atoms with Crippen molar-refractivity contribution >= 4 is 118 Å². The standard InChI is InChI=1S/C41H42O2S.C32H24O2S/c1-3-4-5-6-7-8-9-10-17-29(2)41(42)43-36-23-16-13-19-31(36)24-25-33-28-32-20-12-15-22-35(32)39-38-34-21-14-11-18-30(34)26-27-37(38)44-40(33)39;1-20(2)32(33)34-25-16-12-21(13-17-25)11-14-24-19-23-8-4-6-10-27(23)30-29-26-9-5-3-7-22(26)15-18-28(29)35-31(24)30/h11-16,18-23,26-28H,2-10,17,24-25H2,1H3;3-10,12-13,15-19H,1,11,14H2,2H3. The van der Waals surface area contributed by atoms with Crippen molar-refractivity contribution in [1.29, 1.82) is 0 Å². The average Bonchev–Trinajstić information content (AvgIpc) is 4.21. The van der Waals surface area contributed by atoms with E-state index in [1.165, 1.54) is 139 Å². The third-order valence-corrected chi connectivity index (χ3v) is 17.9. The maximum absolute atomic E-state index is 13.0. The van der Waals surface area contributed by atoms with Crippen LogP contribution in [0.3, 0.4) is 0 Å². The number of carbonyl (C=O) groups excluding carboxylic acids is 2. The zero-order chi connectivity index (χ0) is 54.2. The van der Waals surface area contributed by atoms with Crippen molar-refractivity contribution < 1.29 is 19.1 Å². The molecule has 0 aliphatic rings. The zero-order valence-corrected chi connectivity index (χ0v) is 47.0. The molecule has 0 unspecified atom stereocenters. The Kier molecular flexibility index (Phi) is 16.4. The maximum Gasteiger partial charge on any atom is 0.338 e. The number of rotatable bonds is 19. The average molecular weight is 1070 g/mol. The summed E-state index contributed by atoms with van der Waals surface area (Å²) in [6, 6.07) is 64.4. The second-order valence-corrected chi connectivity index (χ2v) is 23.2. The molecule has 79 heavy (non-hydrogen) atoms. The van der Waals surface area contributed by atoms with E-state index in [2.05, 4.69) is 160 Å². The van der Waals surface area contributed by atoms with Crippen molar-refractivity contribution in [3.05, 3.63) is 229 Å². The van der Waals surface area contributed by atoms with Crippen molar-refractivity contribution in [3.8, 4) is 11.5 Å². The summed E-state index contributed by atoms with van der Waals surface area (Å²) in [5.74, 6) is 0.499. The molecule has 0 bridgehead atoms. The summed E-state index contributed by atoms with van der Waals surface area (Å²) in [4.78, 5) is 24.8. The molecule has 0 aliphatic carbocycles. The van der Waals surface area contributed by atoms with E-state index in [9.17, 15) is 9.59 Å². The highest BCUT2D eigenvalue weighted by Gasteiger charge is 2.19. The Morgan fingerprint density at radius 2 is 0.886 bits per heavy atom. The zero-order valence-electron chi connectivity index (χ0n) is 45.4. The van der Waals surface area contributed by atoms with Crippen molar-refractivity contribution in [2.75, 3.05) is 0 Å². The molecule has 0 fully saturated rings. The molecule has 4 nitrogen and oxygen atoms in total. The fraction of sp³-hybridized carbons (Fsp3) is 0.205. The highest BCUT2D eigenvalue weighted by molar-refractivity contribution is 7.26. The number of esters is 2. The van der Waals surface area contributed by atoms with Crippen LogP contribution in [0.25, 0.3) is 83.4 Å². The summed E-state index contributed by atoms with van der Waals surface area (Å²) < 4.78 is 16.6. The third kappa shape index (κ3) is 11.6. The lowest BCUT2D eigenvalue weighted by Gasteiger charge is -2.12. The van der Waals surface area contributed by atoms with Gasteiger partial charge in [-0.05, 0) is 153 Å². The minimum atomic E-state index is -0.395. The number of benzene rings is 10. The van der Waals surface area contributed by atoms with Crippen LogP contribution in [0, 0.1) is 0 Å². The van der Waals surface area contributed by atoms with Crippen molar-refractivity contribution in [2.24, 2.45) is 0 Å². The molecular formula is C73H66O4S2. The number of ether oxygens (including phenoxy) is 2. The van der Waals surface area contributed by atoms with E-state index >= 15 is 0 Å². The Hall–Kier alpha value is -7.90. The van der Waals surface area contributed by atoms with E-state index in [4.69, 9.17) is 9.47 Å². The van der Waals surface area contributed by atoms with E-state index < -0.39 is 5.97 Å². The van der Waals surface area contributed by atoms with Gasteiger partial charge in [-0.1, -0.05) is 205 Å². The largest absolute Gasteiger partial charge is 0.423 e. The monoisotopic (exact) mass is 1070 g/mol. The van der Waals surface area contributed by atoms with Gasteiger partial charge in [0.25, 0.3) is 0 Å². The molecule has 10 aromatic carbocycles. The number of fused-ring (bicyclic) bond motifs is 14. The lowest BCUT2D eigenvalue weighted by atomic mass is 9.95. The molecule has 0 spiro atoms. The Bertz CT molecular complexity index is 4230. The first kappa shape index (κ1) is 53.1. The Labute approximate surface area is 471 Å². The first-order chi connectivity index (χ1) is 38.7. The number of aryl methyl sites for hydroxylation is 4. The van der Waals surface area contributed by atoms with Crippen LogP contribution in [-0.2, 0) is 35.3 Å². The highest BCUT2D eigenvalue weighted by atomic mass is 32.1. The summed E-state index contributed by atoms with van der Waals surface area (Å²) in [7, 11) is 0. The summed E-state index contributed by atoms with van der Waals surface area (Å²) in [5, 5.41) is 15.8. The number of para-hydroxylation sites is 1. The molecule has 0 atom stereocenters. The number of hydrogen-bond acceptors (Lipinski definition) is 6. The van der Waals surface area contributed by atoms with Crippen LogP contribution < -0.4 is 9.47 Å². The molecule has 6 heteroatoms. The Morgan fingerprint density at radius 3 is 1.43 bits per heavy atom. The normalized spacial score (nSPS) is 11.5. The summed E-state index contributed by atoms with van der Waals surface area (Å²) in [6.07, 6.45) is 14.1. The predicted molar refractivity (Wildman–Crippen MR) is 339 cm³/mol. The molecule has 0 aliphatic heterocycles. The minimum absolute atomic E-state index is 0.301. The third-order valence-electron chi connectivity index (χ3n) is 15.5. The molecule has 12 rings (SSSR count). The van der Waals surface area contributed by atoms with Gasteiger partial charge in [0.15, 0.2) is 0 Å². The van der Waals surface area contributed by atoms with Crippen LogP contribution in [0.2, 0.25) is 0 Å². The van der Waals surface area contributed by atoms with Gasteiger partial charge in [0.05, 0.1) is 0 Å². The van der Waals surface area contributed by atoms with Gasteiger partial charge in [-0.15, -0.1) is 22.7 Å². The van der Waals surface area contributed by atoms with E-state index in [-0.39, 0.29) is 5.97 Å². The second-order valence-electron chi connectivity index (χ2n) is 21.1. The van der Waals surface area contributed by atoms with Crippen LogP contribution in [0.5, 0.6) is 11.5 Å². The highest BCUT2D eigenvalue weighted by Crippen LogP contribution is 2.46. The molecule has 12 aromatic rings. The molecule has 394 valence electrons. The van der Waals surface area contributed by atoms with E-state index in [0.717, 1.165) is 44.1 Å². The number of thiophene rings is 2. The van der Waals surface area contributed by atoms with E-state index in [0.29, 0.717) is 29.1 Å². The summed E-state index contributed by atoms with van der Waals surface area (Å²) in [6.45, 7) is 11.6. The molecular weight excluding hydrogens is 1000 g/mol. The van der Waals surface area contributed by atoms with Gasteiger partial charge in [0.2, 0.25) is 0 Å². The molecule has 2 heterocycles. The lowest BCUT2D eigenvalue weighted by molar-refractivity contribution is -0.131. The molecule has 0 amide bonds. The van der Waals surface area contributed by atoms with Crippen molar-refractivity contribution in [3.63, 3.8) is 0 Å². The molecule has 0 N–H and O–H groups in total. The van der Waals surface area contributed by atoms with Crippen molar-refractivity contribution in [2.45, 2.75) is 97.3 Å². The molecule has 0 saturated heterocycles. The van der Waals surface area contributed by atoms with E-state index in [1.807, 2.05) is 65.1 Å². The van der Waals surface area contributed by atoms with Gasteiger partial charge in [-0.2, -0.15) is 0 Å². The van der Waals surface area contributed by atoms with Gasteiger partial charge in [-0.3, -0.25) is 0 Å². The maximum atomic E-state index is 13.0. The quantitative estimate of drug-likeness (QED) is 0.0350. The number of carbonyl (C=O) groups is 2. The van der Waals surface area contributed by atoms with Gasteiger partial charge in [0.1, 0.15) is 11.5 Å². The van der Waals surface area contributed by atoms with Gasteiger partial charge in [0, 0.05) is 51.5 Å². The smallest absolute Gasteiger partial charge is 0.338 e. The van der Waals surface area contributed by atoms with Crippen LogP contribution in [-0.4, -0.2) is 11.9 Å². The summed E-state index contributed by atoms with van der Waals surface area (Å²) in [5.41, 5.74) is 5.94. The topological polar surface area (TPSA) is 52.6 Å². The van der Waals surface area contributed by atoms with Gasteiger partial charge >= 0.3 is 11.9 Å². The van der Waals surface area contributed by atoms with E-state index in [1.54, 1.807) is 6.92 Å². The molecule has 2 aromatic heterocycles. The van der Waals surface area contributed by atoms with Gasteiger partial charge < -0.3 is 9.47 Å². The Morgan fingerprint density at radius 1 is 0.430 bits per heavy atom.